The van der Waals surface area contributed by atoms with Crippen molar-refractivity contribution in [3.63, 3.8) is 0 Å². The summed E-state index contributed by atoms with van der Waals surface area (Å²) in [4.78, 5) is 22.7. The number of carbonyl (C=O) groups is 1. The van der Waals surface area contributed by atoms with Crippen LogP contribution < -0.4 is 5.32 Å². The second-order valence-electron chi connectivity index (χ2n) is 6.40. The first-order valence-corrected chi connectivity index (χ1v) is 9.87. The zero-order valence-corrected chi connectivity index (χ0v) is 16.2. The topological polar surface area (TPSA) is 75.1 Å². The normalized spacial score (nSPS) is 10.9. The van der Waals surface area contributed by atoms with Gasteiger partial charge in [0.25, 0.3) is 0 Å². The lowest BCUT2D eigenvalue weighted by Crippen LogP contribution is -2.03. The number of aromatic nitrogens is 2. The number of rotatable bonds is 6. The zero-order valence-electron chi connectivity index (χ0n) is 15.3. The van der Waals surface area contributed by atoms with Crippen LogP contribution in [-0.2, 0) is 13.0 Å². The predicted molar refractivity (Wildman–Crippen MR) is 113 cm³/mol. The van der Waals surface area contributed by atoms with Gasteiger partial charge < -0.3 is 10.4 Å². The third kappa shape index (κ3) is 3.73. The summed E-state index contributed by atoms with van der Waals surface area (Å²) in [7, 11) is 0. The van der Waals surface area contributed by atoms with Gasteiger partial charge in [-0.2, -0.15) is 0 Å². The molecule has 0 saturated heterocycles. The predicted octanol–water partition coefficient (Wildman–Crippen LogP) is 5.23. The van der Waals surface area contributed by atoms with Crippen LogP contribution >= 0.6 is 11.3 Å². The molecule has 4 rings (SSSR count). The lowest BCUT2D eigenvalue weighted by atomic mass is 10.1. The first-order chi connectivity index (χ1) is 13.6. The molecular formula is C22H19N3O2S. The number of nitrogens with zero attached hydrogens (tertiary/aromatic N) is 2. The van der Waals surface area contributed by atoms with Gasteiger partial charge in [-0.1, -0.05) is 49.4 Å². The van der Waals surface area contributed by atoms with E-state index in [-0.39, 0.29) is 5.56 Å². The van der Waals surface area contributed by atoms with E-state index in [0.717, 1.165) is 28.0 Å². The van der Waals surface area contributed by atoms with E-state index in [4.69, 9.17) is 15.1 Å². The van der Waals surface area contributed by atoms with Gasteiger partial charge in [0.15, 0.2) is 5.82 Å². The Morgan fingerprint density at radius 2 is 1.82 bits per heavy atom. The van der Waals surface area contributed by atoms with Crippen LogP contribution in [0.1, 0.15) is 27.7 Å². The third-order valence-electron chi connectivity index (χ3n) is 4.49. The second-order valence-corrected chi connectivity index (χ2v) is 7.52. The molecule has 0 radical (unpaired) electrons. The fourth-order valence-corrected chi connectivity index (χ4v) is 3.92. The monoisotopic (exact) mass is 389 g/mol. The molecule has 0 bridgehead atoms. The van der Waals surface area contributed by atoms with Crippen molar-refractivity contribution in [2.75, 3.05) is 5.32 Å². The van der Waals surface area contributed by atoms with Crippen molar-refractivity contribution >= 4 is 33.3 Å². The maximum Gasteiger partial charge on any atom is 0.335 e. The molecule has 0 unspecified atom stereocenters. The van der Waals surface area contributed by atoms with E-state index in [0.29, 0.717) is 12.4 Å². The minimum Gasteiger partial charge on any atom is -0.478 e. The zero-order chi connectivity index (χ0) is 19.5. The van der Waals surface area contributed by atoms with Crippen molar-refractivity contribution in [3.8, 4) is 11.4 Å². The Hall–Kier alpha value is -3.25. The van der Waals surface area contributed by atoms with Crippen molar-refractivity contribution in [1.82, 2.24) is 9.97 Å². The fraction of sp³-hybridized carbons (Fsp3) is 0.136. The second kappa shape index (κ2) is 7.78. The highest BCUT2D eigenvalue weighted by atomic mass is 32.1. The van der Waals surface area contributed by atoms with Gasteiger partial charge in [0.1, 0.15) is 10.6 Å². The van der Waals surface area contributed by atoms with Gasteiger partial charge in [0, 0.05) is 17.0 Å². The number of carboxylic acid groups (broad SMARTS) is 1. The van der Waals surface area contributed by atoms with Crippen LogP contribution in [0.5, 0.6) is 0 Å². The summed E-state index contributed by atoms with van der Waals surface area (Å²) in [6.07, 6.45) is 0.946. The largest absolute Gasteiger partial charge is 0.478 e. The Balaban J connectivity index is 1.73. The molecule has 0 amide bonds. The fourth-order valence-electron chi connectivity index (χ4n) is 2.95. The molecule has 0 saturated carbocycles. The van der Waals surface area contributed by atoms with Gasteiger partial charge in [-0.3, -0.25) is 0 Å². The summed E-state index contributed by atoms with van der Waals surface area (Å²) in [6.45, 7) is 2.79. The Bertz CT molecular complexity index is 1120. The molecule has 0 atom stereocenters. The number of benzene rings is 2. The molecule has 6 heteroatoms. The Kier molecular flexibility index (Phi) is 5.04. The highest BCUT2D eigenvalue weighted by molar-refractivity contribution is 7.18. The highest BCUT2D eigenvalue weighted by Crippen LogP contribution is 2.32. The highest BCUT2D eigenvalue weighted by Gasteiger charge is 2.13. The minimum atomic E-state index is -0.945. The molecule has 4 aromatic rings. The Morgan fingerprint density at radius 1 is 1.07 bits per heavy atom. The van der Waals surface area contributed by atoms with E-state index in [1.165, 1.54) is 10.4 Å². The van der Waals surface area contributed by atoms with Crippen molar-refractivity contribution in [3.05, 3.63) is 76.7 Å². The molecule has 0 aliphatic heterocycles. The average Bonchev–Trinajstić information content (AvgIpc) is 3.16. The number of anilines is 1. The first kappa shape index (κ1) is 18.1. The molecule has 28 heavy (non-hydrogen) atoms. The SMILES string of the molecule is CCc1cc2c(NCc3ccccc3)nc(-c3ccc(C(=O)O)cc3)nc2s1. The van der Waals surface area contributed by atoms with Crippen LogP contribution in [0, 0.1) is 0 Å². The van der Waals surface area contributed by atoms with Gasteiger partial charge >= 0.3 is 5.97 Å². The number of carboxylic acids is 1. The third-order valence-corrected chi connectivity index (χ3v) is 5.66. The Labute approximate surface area is 166 Å². The number of hydrogen-bond acceptors (Lipinski definition) is 5. The molecule has 0 aliphatic rings. The number of aromatic carboxylic acids is 1. The number of nitrogens with one attached hydrogen (secondary N) is 1. The molecule has 0 spiro atoms. The standard InChI is InChI=1S/C22H19N3O2S/c1-2-17-12-18-20(23-13-14-6-4-3-5-7-14)24-19(25-21(18)28-17)15-8-10-16(11-9-15)22(26)27/h3-12H,2,13H2,1H3,(H,26,27)(H,23,24,25). The number of aryl methyl sites for hydroxylation is 1. The van der Waals surface area contributed by atoms with Crippen LogP contribution in [0.25, 0.3) is 21.6 Å². The molecule has 2 aromatic carbocycles. The van der Waals surface area contributed by atoms with Crippen molar-refractivity contribution < 1.29 is 9.90 Å². The average molecular weight is 389 g/mol. The summed E-state index contributed by atoms with van der Waals surface area (Å²) < 4.78 is 0. The molecule has 5 nitrogen and oxygen atoms in total. The van der Waals surface area contributed by atoms with Crippen molar-refractivity contribution in [2.45, 2.75) is 19.9 Å². The number of fused-ring (bicyclic) bond motifs is 1. The van der Waals surface area contributed by atoms with Gasteiger partial charge in [0.05, 0.1) is 10.9 Å². The van der Waals surface area contributed by atoms with Crippen molar-refractivity contribution in [2.24, 2.45) is 0 Å². The van der Waals surface area contributed by atoms with E-state index in [9.17, 15) is 4.79 Å². The quantitative estimate of drug-likeness (QED) is 0.472. The molecule has 2 N–H and O–H groups in total. The lowest BCUT2D eigenvalue weighted by molar-refractivity contribution is 0.0697. The first-order valence-electron chi connectivity index (χ1n) is 9.06. The maximum atomic E-state index is 11.1. The lowest BCUT2D eigenvalue weighted by Gasteiger charge is -2.09. The van der Waals surface area contributed by atoms with Gasteiger partial charge in [-0.25, -0.2) is 14.8 Å². The Morgan fingerprint density at radius 3 is 2.50 bits per heavy atom. The minimum absolute atomic E-state index is 0.247. The molecular weight excluding hydrogens is 370 g/mol. The summed E-state index contributed by atoms with van der Waals surface area (Å²) >= 11 is 1.66. The van der Waals surface area contributed by atoms with Crippen LogP contribution in [0.2, 0.25) is 0 Å². The molecule has 2 aromatic heterocycles. The van der Waals surface area contributed by atoms with Gasteiger partial charge in [-0.05, 0) is 30.2 Å². The van der Waals surface area contributed by atoms with Crippen LogP contribution in [-0.4, -0.2) is 21.0 Å². The van der Waals surface area contributed by atoms with E-state index >= 15 is 0 Å². The van der Waals surface area contributed by atoms with Crippen molar-refractivity contribution in [1.29, 1.82) is 0 Å². The maximum absolute atomic E-state index is 11.1. The van der Waals surface area contributed by atoms with E-state index < -0.39 is 5.97 Å². The number of hydrogen-bond donors (Lipinski definition) is 2. The van der Waals surface area contributed by atoms with E-state index in [1.807, 2.05) is 18.2 Å². The smallest absolute Gasteiger partial charge is 0.335 e. The summed E-state index contributed by atoms with van der Waals surface area (Å²) in [6, 6.07) is 19.0. The van der Waals surface area contributed by atoms with E-state index in [1.54, 1.807) is 35.6 Å². The van der Waals surface area contributed by atoms with Crippen LogP contribution in [0.15, 0.2) is 60.7 Å². The molecule has 0 fully saturated rings. The van der Waals surface area contributed by atoms with Gasteiger partial charge in [-0.15, -0.1) is 11.3 Å². The van der Waals surface area contributed by atoms with Crippen LogP contribution in [0.4, 0.5) is 5.82 Å². The molecule has 140 valence electrons. The molecule has 2 heterocycles. The number of thiophene rings is 1. The van der Waals surface area contributed by atoms with Gasteiger partial charge in [0.2, 0.25) is 0 Å². The summed E-state index contributed by atoms with van der Waals surface area (Å²) in [5.41, 5.74) is 2.21. The van der Waals surface area contributed by atoms with E-state index in [2.05, 4.69) is 30.4 Å². The van der Waals surface area contributed by atoms with Crippen LogP contribution in [0.3, 0.4) is 0 Å². The summed E-state index contributed by atoms with van der Waals surface area (Å²) in [5.74, 6) is 0.436. The molecule has 0 aliphatic carbocycles. The summed E-state index contributed by atoms with van der Waals surface area (Å²) in [5, 5.41) is 13.6.